The van der Waals surface area contributed by atoms with E-state index >= 15 is 0 Å². The van der Waals surface area contributed by atoms with Crippen LogP contribution in [0, 0.1) is 12.7 Å². The number of nitrogen functional groups attached to an aromatic ring is 1. The van der Waals surface area contributed by atoms with Gasteiger partial charge in [-0.3, -0.25) is 4.57 Å². The molecule has 0 aliphatic heterocycles. The maximum atomic E-state index is 14.5. The fourth-order valence-electron chi connectivity index (χ4n) is 3.05. The lowest BCUT2D eigenvalue weighted by Gasteiger charge is -2.13. The molecule has 3 N–H and O–H groups in total. The van der Waals surface area contributed by atoms with Crippen LogP contribution in [0.1, 0.15) is 11.4 Å². The fraction of sp³-hybridized carbons (Fsp3) is 0.100. The molecule has 0 spiro atoms. The summed E-state index contributed by atoms with van der Waals surface area (Å²) in [7, 11) is 0. The van der Waals surface area contributed by atoms with Crippen molar-refractivity contribution in [2.75, 3.05) is 11.1 Å². The molecular weight excluding hydrogens is 386 g/mol. The number of hydrogen-bond acceptors (Lipinski definition) is 4. The van der Waals surface area contributed by atoms with Crippen molar-refractivity contribution < 1.29 is 17.6 Å². The van der Waals surface area contributed by atoms with E-state index in [2.05, 4.69) is 15.3 Å². The highest BCUT2D eigenvalue weighted by atomic mass is 19.4. The Balaban J connectivity index is 1.76. The number of pyridine rings is 1. The van der Waals surface area contributed by atoms with Gasteiger partial charge in [0, 0.05) is 11.8 Å². The molecule has 0 fully saturated rings. The molecule has 0 saturated heterocycles. The van der Waals surface area contributed by atoms with Gasteiger partial charge in [-0.1, -0.05) is 12.1 Å². The molecule has 0 saturated carbocycles. The highest BCUT2D eigenvalue weighted by Crippen LogP contribution is 2.31. The maximum absolute atomic E-state index is 14.5. The Bertz CT molecular complexity index is 1200. The molecule has 0 atom stereocenters. The van der Waals surface area contributed by atoms with Crippen molar-refractivity contribution in [1.82, 2.24) is 14.5 Å². The van der Waals surface area contributed by atoms with Gasteiger partial charge in [-0.15, -0.1) is 0 Å². The van der Waals surface area contributed by atoms with Crippen LogP contribution in [-0.2, 0) is 6.18 Å². The van der Waals surface area contributed by atoms with Crippen molar-refractivity contribution in [3.63, 3.8) is 0 Å². The average Bonchev–Trinajstić information content (AvgIpc) is 3.00. The smallest absolute Gasteiger partial charge is 0.396 e. The number of hydrogen-bond donors (Lipinski definition) is 2. The Labute approximate surface area is 162 Å². The molecule has 0 aliphatic carbocycles. The second kappa shape index (κ2) is 6.77. The number of fused-ring (bicyclic) bond motifs is 1. The second-order valence-corrected chi connectivity index (χ2v) is 6.42. The van der Waals surface area contributed by atoms with Crippen LogP contribution in [0.4, 0.5) is 34.8 Å². The van der Waals surface area contributed by atoms with E-state index in [1.54, 1.807) is 11.5 Å². The molecule has 0 bridgehead atoms. The summed E-state index contributed by atoms with van der Waals surface area (Å²) in [6, 6.07) is 13.0. The highest BCUT2D eigenvalue weighted by molar-refractivity contribution is 5.78. The molecule has 0 radical (unpaired) electrons. The third kappa shape index (κ3) is 3.46. The molecule has 4 aromatic rings. The minimum atomic E-state index is -4.45. The lowest BCUT2D eigenvalue weighted by Crippen LogP contribution is -2.08. The Morgan fingerprint density at radius 3 is 2.38 bits per heavy atom. The summed E-state index contributed by atoms with van der Waals surface area (Å²) in [6.07, 6.45) is -4.45. The first-order chi connectivity index (χ1) is 13.7. The van der Waals surface area contributed by atoms with E-state index in [4.69, 9.17) is 5.73 Å². The molecule has 5 nitrogen and oxygen atoms in total. The Hall–Kier alpha value is -3.62. The van der Waals surface area contributed by atoms with Crippen LogP contribution in [0.25, 0.3) is 16.9 Å². The van der Waals surface area contributed by atoms with Crippen LogP contribution in [-0.4, -0.2) is 14.5 Å². The first-order valence-corrected chi connectivity index (χ1v) is 8.59. The van der Waals surface area contributed by atoms with Crippen LogP contribution >= 0.6 is 0 Å². The zero-order valence-corrected chi connectivity index (χ0v) is 15.1. The number of benzene rings is 2. The number of aromatic nitrogens is 3. The van der Waals surface area contributed by atoms with Gasteiger partial charge in [-0.25, -0.2) is 14.4 Å². The monoisotopic (exact) mass is 401 g/mol. The molecule has 2 aromatic heterocycles. The van der Waals surface area contributed by atoms with Gasteiger partial charge < -0.3 is 11.1 Å². The van der Waals surface area contributed by atoms with E-state index in [9.17, 15) is 17.6 Å². The summed E-state index contributed by atoms with van der Waals surface area (Å²) < 4.78 is 54.4. The van der Waals surface area contributed by atoms with E-state index in [1.165, 1.54) is 18.2 Å². The van der Waals surface area contributed by atoms with Gasteiger partial charge in [-0.2, -0.15) is 13.2 Å². The van der Waals surface area contributed by atoms with Gasteiger partial charge in [-0.05, 0) is 43.3 Å². The summed E-state index contributed by atoms with van der Waals surface area (Å²) in [4.78, 5) is 8.74. The van der Waals surface area contributed by atoms with Crippen LogP contribution in [0.5, 0.6) is 0 Å². The minimum absolute atomic E-state index is 0.151. The van der Waals surface area contributed by atoms with Crippen LogP contribution < -0.4 is 11.1 Å². The van der Waals surface area contributed by atoms with Crippen molar-refractivity contribution in [2.24, 2.45) is 0 Å². The van der Waals surface area contributed by atoms with Crippen LogP contribution in [0.15, 0.2) is 54.6 Å². The summed E-state index contributed by atoms with van der Waals surface area (Å²) in [5.41, 5.74) is 6.62. The van der Waals surface area contributed by atoms with Gasteiger partial charge in [0.25, 0.3) is 0 Å². The van der Waals surface area contributed by atoms with E-state index in [-0.39, 0.29) is 17.2 Å². The molecule has 2 heterocycles. The highest BCUT2D eigenvalue weighted by Gasteiger charge is 2.30. The predicted molar refractivity (Wildman–Crippen MR) is 103 cm³/mol. The quantitative estimate of drug-likeness (QED) is 0.462. The Morgan fingerprint density at radius 1 is 1.00 bits per heavy atom. The minimum Gasteiger partial charge on any atom is -0.396 e. The summed E-state index contributed by atoms with van der Waals surface area (Å²) in [5.74, 6) is -0.0256. The zero-order valence-electron chi connectivity index (χ0n) is 15.1. The van der Waals surface area contributed by atoms with Gasteiger partial charge in [0.15, 0.2) is 11.6 Å². The molecule has 148 valence electrons. The number of anilines is 3. The van der Waals surface area contributed by atoms with Gasteiger partial charge in [0.2, 0.25) is 0 Å². The van der Waals surface area contributed by atoms with E-state index in [0.717, 1.165) is 23.2 Å². The number of alkyl halides is 3. The van der Waals surface area contributed by atoms with Crippen LogP contribution in [0.2, 0.25) is 0 Å². The van der Waals surface area contributed by atoms with Crippen LogP contribution in [0.3, 0.4) is 0 Å². The molecule has 2 aromatic carbocycles. The SMILES string of the molecule is Cc1nc2ccccc2n1-c1cc(N)c(F)c(Nc2ccc(C(F)(F)F)cc2)n1. The van der Waals surface area contributed by atoms with Crippen molar-refractivity contribution in [2.45, 2.75) is 13.1 Å². The number of imidazole rings is 1. The van der Waals surface area contributed by atoms with Crippen molar-refractivity contribution in [3.05, 3.63) is 71.8 Å². The standard InChI is InChI=1S/C20H15F4N5/c1-11-26-15-4-2-3-5-16(15)29(11)17-10-14(25)18(21)19(28-17)27-13-8-6-12(7-9-13)20(22,23)24/h2-10H,1H3,(H3,25,27,28). The van der Waals surface area contributed by atoms with Gasteiger partial charge >= 0.3 is 6.18 Å². The Morgan fingerprint density at radius 2 is 1.69 bits per heavy atom. The third-order valence-corrected chi connectivity index (χ3v) is 4.40. The summed E-state index contributed by atoms with van der Waals surface area (Å²) >= 11 is 0. The largest absolute Gasteiger partial charge is 0.416 e. The zero-order chi connectivity index (χ0) is 20.8. The number of nitrogens with two attached hydrogens (primary N) is 1. The molecular formula is C20H15F4N5. The van der Waals surface area contributed by atoms with E-state index < -0.39 is 17.6 Å². The number of aryl methyl sites for hydroxylation is 1. The van der Waals surface area contributed by atoms with Crippen molar-refractivity contribution >= 4 is 28.2 Å². The first kappa shape index (κ1) is 18.7. The summed E-state index contributed by atoms with van der Waals surface area (Å²) in [6.45, 7) is 1.78. The van der Waals surface area contributed by atoms with Crippen molar-refractivity contribution in [3.8, 4) is 5.82 Å². The number of para-hydroxylation sites is 2. The lowest BCUT2D eigenvalue weighted by atomic mass is 10.2. The molecule has 0 aliphatic rings. The number of halogens is 4. The fourth-order valence-corrected chi connectivity index (χ4v) is 3.05. The predicted octanol–water partition coefficient (Wildman–Crippen LogP) is 5.21. The van der Waals surface area contributed by atoms with Gasteiger partial charge in [0.05, 0.1) is 22.3 Å². The number of nitrogens with one attached hydrogen (secondary N) is 1. The summed E-state index contributed by atoms with van der Waals surface area (Å²) in [5, 5.41) is 2.69. The number of nitrogens with zero attached hydrogens (tertiary/aromatic N) is 3. The molecule has 0 unspecified atom stereocenters. The number of rotatable bonds is 3. The topological polar surface area (TPSA) is 68.8 Å². The molecule has 29 heavy (non-hydrogen) atoms. The molecule has 4 rings (SSSR count). The first-order valence-electron chi connectivity index (χ1n) is 8.59. The van der Waals surface area contributed by atoms with Crippen molar-refractivity contribution in [1.29, 1.82) is 0 Å². The average molecular weight is 401 g/mol. The third-order valence-electron chi connectivity index (χ3n) is 4.40. The lowest BCUT2D eigenvalue weighted by molar-refractivity contribution is -0.137. The normalized spacial score (nSPS) is 11.8. The second-order valence-electron chi connectivity index (χ2n) is 6.42. The van der Waals surface area contributed by atoms with E-state index in [1.807, 2.05) is 24.3 Å². The Kier molecular flexibility index (Phi) is 4.37. The van der Waals surface area contributed by atoms with E-state index in [0.29, 0.717) is 11.6 Å². The molecule has 0 amide bonds. The molecule has 9 heteroatoms. The maximum Gasteiger partial charge on any atom is 0.416 e. The van der Waals surface area contributed by atoms with Gasteiger partial charge in [0.1, 0.15) is 11.6 Å².